The van der Waals surface area contributed by atoms with Gasteiger partial charge in [-0.3, -0.25) is 0 Å². The molecule has 19 heavy (non-hydrogen) atoms. The lowest BCUT2D eigenvalue weighted by Crippen LogP contribution is -2.60. The molecule has 1 aromatic heterocycles. The van der Waals surface area contributed by atoms with Gasteiger partial charge in [-0.25, -0.2) is 4.79 Å². The highest BCUT2D eigenvalue weighted by atomic mass is 16.6. The number of nitrogens with zero attached hydrogens (tertiary/aromatic N) is 2. The van der Waals surface area contributed by atoms with Crippen LogP contribution in [0.5, 0.6) is 0 Å². The molecular weight excluding hydrogens is 242 g/mol. The fraction of sp³-hybridized carbons (Fsp3) is 0.643. The van der Waals surface area contributed by atoms with Crippen LogP contribution in [-0.4, -0.2) is 40.3 Å². The minimum atomic E-state index is -0.417. The molecule has 1 saturated heterocycles. The number of likely N-dealkylation sites (tertiary alicyclic amines) is 1. The molecule has 1 aliphatic heterocycles. The van der Waals surface area contributed by atoms with Crippen LogP contribution in [-0.2, 0) is 18.3 Å². The minimum absolute atomic E-state index is 0.217. The monoisotopic (exact) mass is 265 g/mol. The highest BCUT2D eigenvalue weighted by molar-refractivity contribution is 5.69. The van der Waals surface area contributed by atoms with Crippen molar-refractivity contribution in [3.8, 4) is 0 Å². The molecule has 0 spiro atoms. The van der Waals surface area contributed by atoms with Crippen LogP contribution in [0.25, 0.3) is 0 Å². The van der Waals surface area contributed by atoms with E-state index >= 15 is 0 Å². The highest BCUT2D eigenvalue weighted by Crippen LogP contribution is 2.15. The molecular formula is C14H23N3O2. The van der Waals surface area contributed by atoms with Gasteiger partial charge in [-0.2, -0.15) is 0 Å². The van der Waals surface area contributed by atoms with E-state index in [0.29, 0.717) is 6.04 Å². The van der Waals surface area contributed by atoms with E-state index in [-0.39, 0.29) is 6.09 Å². The quantitative estimate of drug-likeness (QED) is 0.905. The average Bonchev–Trinajstić information content (AvgIpc) is 2.59. The normalized spacial score (nSPS) is 16.3. The van der Waals surface area contributed by atoms with Gasteiger partial charge in [-0.15, -0.1) is 0 Å². The lowest BCUT2D eigenvalue weighted by atomic mass is 10.1. The van der Waals surface area contributed by atoms with Crippen molar-refractivity contribution in [1.29, 1.82) is 0 Å². The van der Waals surface area contributed by atoms with E-state index in [9.17, 15) is 4.79 Å². The summed E-state index contributed by atoms with van der Waals surface area (Å²) in [5.41, 5.74) is 0.845. The molecule has 2 rings (SSSR count). The van der Waals surface area contributed by atoms with E-state index in [1.54, 1.807) is 4.90 Å². The molecule has 5 heteroatoms. The molecule has 1 N–H and O–H groups in total. The number of nitrogens with one attached hydrogen (secondary N) is 1. The van der Waals surface area contributed by atoms with Gasteiger partial charge in [0.05, 0.1) is 0 Å². The molecule has 0 unspecified atom stereocenters. The van der Waals surface area contributed by atoms with Crippen molar-refractivity contribution in [3.63, 3.8) is 0 Å². The Kier molecular flexibility index (Phi) is 3.85. The summed E-state index contributed by atoms with van der Waals surface area (Å²) < 4.78 is 7.34. The first-order chi connectivity index (χ1) is 8.83. The Bertz CT molecular complexity index is 442. The van der Waals surface area contributed by atoms with Crippen LogP contribution >= 0.6 is 0 Å². The van der Waals surface area contributed by atoms with Crippen LogP contribution in [0, 0.1) is 0 Å². The summed E-state index contributed by atoms with van der Waals surface area (Å²) in [5.74, 6) is 0. The van der Waals surface area contributed by atoms with Gasteiger partial charge in [0.15, 0.2) is 0 Å². The molecule has 5 nitrogen and oxygen atoms in total. The fourth-order valence-corrected chi connectivity index (χ4v) is 2.01. The molecule has 2 heterocycles. The second kappa shape index (κ2) is 5.25. The van der Waals surface area contributed by atoms with E-state index in [1.165, 1.54) is 5.56 Å². The maximum atomic E-state index is 11.7. The zero-order valence-electron chi connectivity index (χ0n) is 12.1. The van der Waals surface area contributed by atoms with E-state index in [4.69, 9.17) is 4.74 Å². The maximum Gasteiger partial charge on any atom is 0.410 e. The van der Waals surface area contributed by atoms with Crippen LogP contribution in [0.3, 0.4) is 0 Å². The predicted octanol–water partition coefficient (Wildman–Crippen LogP) is 1.73. The molecule has 0 radical (unpaired) electrons. The molecule has 0 aromatic carbocycles. The zero-order chi connectivity index (χ0) is 14.0. The smallest absolute Gasteiger partial charge is 0.410 e. The van der Waals surface area contributed by atoms with Crippen molar-refractivity contribution in [1.82, 2.24) is 14.8 Å². The predicted molar refractivity (Wildman–Crippen MR) is 73.8 cm³/mol. The lowest BCUT2D eigenvalue weighted by Gasteiger charge is -2.40. The molecule has 106 valence electrons. The third-order valence-corrected chi connectivity index (χ3v) is 3.02. The Balaban J connectivity index is 1.67. The van der Waals surface area contributed by atoms with Gasteiger partial charge in [-0.05, 0) is 32.4 Å². The first-order valence-electron chi connectivity index (χ1n) is 6.66. The summed E-state index contributed by atoms with van der Waals surface area (Å²) >= 11 is 0. The maximum absolute atomic E-state index is 11.7. The Morgan fingerprint density at radius 2 is 2.16 bits per heavy atom. The van der Waals surface area contributed by atoms with E-state index in [0.717, 1.165) is 19.6 Å². The van der Waals surface area contributed by atoms with Gasteiger partial charge >= 0.3 is 6.09 Å². The molecule has 1 amide bonds. The zero-order valence-corrected chi connectivity index (χ0v) is 12.1. The number of ether oxygens (including phenoxy) is 1. The third-order valence-electron chi connectivity index (χ3n) is 3.02. The van der Waals surface area contributed by atoms with Gasteiger partial charge in [0.2, 0.25) is 0 Å². The Labute approximate surface area is 114 Å². The largest absolute Gasteiger partial charge is 0.444 e. The minimum Gasteiger partial charge on any atom is -0.444 e. The summed E-state index contributed by atoms with van der Waals surface area (Å²) in [6.07, 6.45) is 3.91. The van der Waals surface area contributed by atoms with Crippen molar-refractivity contribution in [2.45, 2.75) is 39.0 Å². The van der Waals surface area contributed by atoms with Crippen LogP contribution < -0.4 is 5.32 Å². The number of carbonyl (C=O) groups excluding carboxylic acids is 1. The Hall–Kier alpha value is -1.49. The summed E-state index contributed by atoms with van der Waals surface area (Å²) in [6.45, 7) is 7.94. The van der Waals surface area contributed by atoms with Crippen LogP contribution in [0.4, 0.5) is 4.79 Å². The summed E-state index contributed by atoms with van der Waals surface area (Å²) in [5, 5.41) is 3.43. The molecule has 0 aliphatic carbocycles. The highest BCUT2D eigenvalue weighted by Gasteiger charge is 2.33. The number of hydrogen-bond donors (Lipinski definition) is 1. The number of amides is 1. The van der Waals surface area contributed by atoms with Gasteiger partial charge < -0.3 is 19.5 Å². The Morgan fingerprint density at radius 1 is 1.47 bits per heavy atom. The van der Waals surface area contributed by atoms with Crippen molar-refractivity contribution < 1.29 is 9.53 Å². The molecule has 0 saturated carbocycles. The van der Waals surface area contributed by atoms with Crippen LogP contribution in [0.1, 0.15) is 26.3 Å². The summed E-state index contributed by atoms with van der Waals surface area (Å²) in [6, 6.07) is 2.46. The van der Waals surface area contributed by atoms with Crippen molar-refractivity contribution in [2.75, 3.05) is 13.1 Å². The van der Waals surface area contributed by atoms with Crippen LogP contribution in [0.15, 0.2) is 18.5 Å². The lowest BCUT2D eigenvalue weighted by molar-refractivity contribution is 0.00519. The van der Waals surface area contributed by atoms with Gasteiger partial charge in [0.25, 0.3) is 0 Å². The second-order valence-corrected chi connectivity index (χ2v) is 6.15. The van der Waals surface area contributed by atoms with Crippen molar-refractivity contribution in [3.05, 3.63) is 24.0 Å². The molecule has 0 bridgehead atoms. The van der Waals surface area contributed by atoms with E-state index in [1.807, 2.05) is 38.6 Å². The summed E-state index contributed by atoms with van der Waals surface area (Å²) in [7, 11) is 2.01. The Morgan fingerprint density at radius 3 is 2.68 bits per heavy atom. The molecule has 1 fully saturated rings. The number of rotatable bonds is 3. The standard InChI is InChI=1S/C14H23N3O2/c1-14(2,3)19-13(18)17-9-12(10-17)15-7-11-5-6-16(4)8-11/h5-6,8,12,15H,7,9-10H2,1-4H3. The first kappa shape index (κ1) is 13.9. The average molecular weight is 265 g/mol. The van der Waals surface area contributed by atoms with Crippen LogP contribution in [0.2, 0.25) is 0 Å². The molecule has 1 aliphatic rings. The molecule has 1 aromatic rings. The van der Waals surface area contributed by atoms with E-state index in [2.05, 4.69) is 17.6 Å². The SMILES string of the molecule is Cn1ccc(CNC2CN(C(=O)OC(C)(C)C)C2)c1. The van der Waals surface area contributed by atoms with Gasteiger partial charge in [0.1, 0.15) is 5.60 Å². The third kappa shape index (κ3) is 3.99. The first-order valence-corrected chi connectivity index (χ1v) is 6.66. The summed E-state index contributed by atoms with van der Waals surface area (Å²) in [4.78, 5) is 13.5. The van der Waals surface area contributed by atoms with E-state index < -0.39 is 5.60 Å². The van der Waals surface area contributed by atoms with Gasteiger partial charge in [-0.1, -0.05) is 0 Å². The fourth-order valence-electron chi connectivity index (χ4n) is 2.01. The number of aromatic nitrogens is 1. The van der Waals surface area contributed by atoms with Crippen molar-refractivity contribution >= 4 is 6.09 Å². The second-order valence-electron chi connectivity index (χ2n) is 6.15. The van der Waals surface area contributed by atoms with Crippen molar-refractivity contribution in [2.24, 2.45) is 7.05 Å². The molecule has 0 atom stereocenters. The number of hydrogen-bond acceptors (Lipinski definition) is 3. The topological polar surface area (TPSA) is 46.5 Å². The number of aryl methyl sites for hydroxylation is 1. The van der Waals surface area contributed by atoms with Gasteiger partial charge in [0, 0.05) is 45.1 Å². The number of carbonyl (C=O) groups is 1.